The predicted octanol–water partition coefficient (Wildman–Crippen LogP) is 3.09. The van der Waals surface area contributed by atoms with Crippen molar-refractivity contribution in [3.63, 3.8) is 0 Å². The number of esters is 2. The summed E-state index contributed by atoms with van der Waals surface area (Å²) in [5, 5.41) is 3.14. The Balaban J connectivity index is 1.80. The maximum atomic E-state index is 12.0. The van der Waals surface area contributed by atoms with E-state index < -0.39 is 5.60 Å². The van der Waals surface area contributed by atoms with Gasteiger partial charge < -0.3 is 19.7 Å². The molecular formula is C24H39IN4O4. The average molecular weight is 575 g/mol. The summed E-state index contributed by atoms with van der Waals surface area (Å²) in [6.45, 7) is 8.27. The molecule has 0 bridgehead atoms. The zero-order valence-electron chi connectivity index (χ0n) is 20.6. The average Bonchev–Trinajstić information content (AvgIpc) is 2.75. The van der Waals surface area contributed by atoms with E-state index in [4.69, 9.17) is 9.47 Å². The van der Waals surface area contributed by atoms with Gasteiger partial charge in [-0.1, -0.05) is 0 Å². The van der Waals surface area contributed by atoms with Gasteiger partial charge in [-0.3, -0.25) is 14.5 Å². The summed E-state index contributed by atoms with van der Waals surface area (Å²) in [4.78, 5) is 32.8. The summed E-state index contributed by atoms with van der Waals surface area (Å²) in [5.74, 6) is 1.11. The molecule has 1 aliphatic carbocycles. The SMILES string of the molecule is COC(=O)CN(CCNCC(=O)OC(C)(C)C)C1CCC(CN(C)c2ccc(I)cn2)CC1. The number of carbonyl (C=O) groups excluding carboxylic acids is 2. The number of ether oxygens (including phenoxy) is 2. The number of nitrogens with one attached hydrogen (secondary N) is 1. The molecule has 1 aromatic heterocycles. The molecule has 0 unspecified atom stereocenters. The number of pyridine rings is 1. The lowest BCUT2D eigenvalue weighted by Crippen LogP contribution is -2.46. The van der Waals surface area contributed by atoms with E-state index in [0.717, 1.165) is 41.6 Å². The second-order valence-corrected chi connectivity index (χ2v) is 10.9. The molecule has 0 saturated heterocycles. The Morgan fingerprint density at radius 1 is 1.18 bits per heavy atom. The second-order valence-electron chi connectivity index (χ2n) is 9.70. The first-order valence-electron chi connectivity index (χ1n) is 11.6. The number of carbonyl (C=O) groups is 2. The van der Waals surface area contributed by atoms with Crippen molar-refractivity contribution in [3.05, 3.63) is 21.9 Å². The molecule has 1 fully saturated rings. The van der Waals surface area contributed by atoms with Gasteiger partial charge in [0.05, 0.1) is 20.2 Å². The lowest BCUT2D eigenvalue weighted by molar-refractivity contribution is -0.153. The molecule has 33 heavy (non-hydrogen) atoms. The third-order valence-corrected chi connectivity index (χ3v) is 6.43. The lowest BCUT2D eigenvalue weighted by atomic mass is 9.85. The molecule has 8 nitrogen and oxygen atoms in total. The van der Waals surface area contributed by atoms with Gasteiger partial charge in [-0.25, -0.2) is 4.98 Å². The van der Waals surface area contributed by atoms with Crippen LogP contribution in [0.4, 0.5) is 5.82 Å². The van der Waals surface area contributed by atoms with E-state index in [-0.39, 0.29) is 25.0 Å². The first kappa shape index (κ1) is 27.8. The number of nitrogens with zero attached hydrogens (tertiary/aromatic N) is 3. The Morgan fingerprint density at radius 3 is 2.45 bits per heavy atom. The summed E-state index contributed by atoms with van der Waals surface area (Å²) >= 11 is 2.27. The third kappa shape index (κ3) is 10.6. The maximum absolute atomic E-state index is 12.0. The van der Waals surface area contributed by atoms with E-state index >= 15 is 0 Å². The van der Waals surface area contributed by atoms with E-state index in [1.807, 2.05) is 27.0 Å². The molecule has 0 amide bonds. The van der Waals surface area contributed by atoms with Crippen molar-refractivity contribution in [2.24, 2.45) is 5.92 Å². The summed E-state index contributed by atoms with van der Waals surface area (Å²) in [6.07, 6.45) is 6.21. The fraction of sp³-hybridized carbons (Fsp3) is 0.708. The van der Waals surface area contributed by atoms with Gasteiger partial charge in [-0.15, -0.1) is 0 Å². The van der Waals surface area contributed by atoms with Crippen molar-refractivity contribution in [3.8, 4) is 0 Å². The smallest absolute Gasteiger partial charge is 0.320 e. The topological polar surface area (TPSA) is 84.0 Å². The molecule has 0 atom stereocenters. The Bertz CT molecular complexity index is 746. The van der Waals surface area contributed by atoms with Crippen molar-refractivity contribution in [1.82, 2.24) is 15.2 Å². The Labute approximate surface area is 211 Å². The third-order valence-electron chi connectivity index (χ3n) is 5.79. The summed E-state index contributed by atoms with van der Waals surface area (Å²) in [7, 11) is 3.52. The first-order valence-corrected chi connectivity index (χ1v) is 12.7. The highest BCUT2D eigenvalue weighted by atomic mass is 127. The summed E-state index contributed by atoms with van der Waals surface area (Å²) in [6, 6.07) is 4.48. The van der Waals surface area contributed by atoms with Crippen LogP contribution in [-0.4, -0.2) is 80.3 Å². The molecule has 186 valence electrons. The quantitative estimate of drug-likeness (QED) is 0.245. The van der Waals surface area contributed by atoms with Crippen LogP contribution in [0, 0.1) is 9.49 Å². The highest BCUT2D eigenvalue weighted by Crippen LogP contribution is 2.29. The van der Waals surface area contributed by atoms with E-state index in [1.54, 1.807) is 0 Å². The van der Waals surface area contributed by atoms with Crippen molar-refractivity contribution in [2.75, 3.05) is 51.8 Å². The van der Waals surface area contributed by atoms with E-state index in [0.29, 0.717) is 25.0 Å². The van der Waals surface area contributed by atoms with Gasteiger partial charge in [0.1, 0.15) is 11.4 Å². The molecule has 2 rings (SSSR count). The number of anilines is 1. The van der Waals surface area contributed by atoms with E-state index in [1.165, 1.54) is 7.11 Å². The van der Waals surface area contributed by atoms with Crippen LogP contribution in [0.2, 0.25) is 0 Å². The fourth-order valence-corrected chi connectivity index (χ4v) is 4.50. The van der Waals surface area contributed by atoms with Crippen LogP contribution in [0.15, 0.2) is 18.3 Å². The molecule has 9 heteroatoms. The molecule has 1 heterocycles. The summed E-state index contributed by atoms with van der Waals surface area (Å²) in [5.41, 5.74) is -0.489. The van der Waals surface area contributed by atoms with Crippen LogP contribution in [0.25, 0.3) is 0 Å². The highest BCUT2D eigenvalue weighted by Gasteiger charge is 2.28. The normalized spacial score (nSPS) is 18.8. The van der Waals surface area contributed by atoms with Crippen molar-refractivity contribution >= 4 is 40.3 Å². The van der Waals surface area contributed by atoms with Gasteiger partial charge in [0.25, 0.3) is 0 Å². The van der Waals surface area contributed by atoms with Crippen LogP contribution in [0.3, 0.4) is 0 Å². The van der Waals surface area contributed by atoms with Gasteiger partial charge in [0.15, 0.2) is 0 Å². The predicted molar refractivity (Wildman–Crippen MR) is 138 cm³/mol. The van der Waals surface area contributed by atoms with Gasteiger partial charge in [-0.2, -0.15) is 0 Å². The van der Waals surface area contributed by atoms with E-state index in [2.05, 4.69) is 61.9 Å². The van der Waals surface area contributed by atoms with Crippen LogP contribution in [0.5, 0.6) is 0 Å². The Hall–Kier alpha value is -1.46. The number of rotatable bonds is 11. The molecule has 0 spiro atoms. The molecule has 0 aromatic carbocycles. The molecule has 0 aliphatic heterocycles. The maximum Gasteiger partial charge on any atom is 0.320 e. The van der Waals surface area contributed by atoms with Gasteiger partial charge >= 0.3 is 11.9 Å². The standard InChI is InChI=1S/C24H39IN4O4/c1-24(2,3)33-22(30)15-26-12-13-29(17-23(31)32-5)20-9-6-18(7-10-20)16-28(4)21-11-8-19(25)14-27-21/h8,11,14,18,20,26H,6-7,9-10,12-13,15-17H2,1-5H3. The van der Waals surface area contributed by atoms with Crippen molar-refractivity contribution in [2.45, 2.75) is 58.1 Å². The van der Waals surface area contributed by atoms with E-state index in [9.17, 15) is 9.59 Å². The largest absolute Gasteiger partial charge is 0.468 e. The Kier molecular flexibility index (Phi) is 11.3. The van der Waals surface area contributed by atoms with Crippen LogP contribution in [-0.2, 0) is 19.1 Å². The minimum atomic E-state index is -0.489. The molecule has 1 saturated carbocycles. The lowest BCUT2D eigenvalue weighted by Gasteiger charge is -2.37. The molecule has 1 aromatic rings. The minimum absolute atomic E-state index is 0.162. The first-order chi connectivity index (χ1) is 15.6. The van der Waals surface area contributed by atoms with Crippen molar-refractivity contribution < 1.29 is 19.1 Å². The summed E-state index contributed by atoms with van der Waals surface area (Å²) < 4.78 is 11.4. The number of hydrogen-bond donors (Lipinski definition) is 1. The molecule has 1 N–H and O–H groups in total. The van der Waals surface area contributed by atoms with Gasteiger partial charge in [-0.05, 0) is 87.1 Å². The highest BCUT2D eigenvalue weighted by molar-refractivity contribution is 14.1. The zero-order chi connectivity index (χ0) is 24.4. The molecule has 1 aliphatic rings. The van der Waals surface area contributed by atoms with Gasteiger partial charge in [0.2, 0.25) is 0 Å². The minimum Gasteiger partial charge on any atom is -0.468 e. The monoisotopic (exact) mass is 574 g/mol. The fourth-order valence-electron chi connectivity index (χ4n) is 4.18. The number of hydrogen-bond acceptors (Lipinski definition) is 8. The van der Waals surface area contributed by atoms with Crippen molar-refractivity contribution in [1.29, 1.82) is 0 Å². The van der Waals surface area contributed by atoms with Crippen LogP contribution < -0.4 is 10.2 Å². The number of methoxy groups -OCH3 is 1. The Morgan fingerprint density at radius 2 is 1.88 bits per heavy atom. The number of halogens is 1. The number of aromatic nitrogens is 1. The van der Waals surface area contributed by atoms with Crippen LogP contribution >= 0.6 is 22.6 Å². The second kappa shape index (κ2) is 13.4. The molecular weight excluding hydrogens is 535 g/mol. The van der Waals surface area contributed by atoms with Gasteiger partial charge in [0, 0.05) is 42.5 Å². The molecule has 0 radical (unpaired) electrons. The van der Waals surface area contributed by atoms with Crippen LogP contribution in [0.1, 0.15) is 46.5 Å². The zero-order valence-corrected chi connectivity index (χ0v) is 22.8.